The first kappa shape index (κ1) is 13.6. The van der Waals surface area contributed by atoms with E-state index in [1.807, 2.05) is 7.05 Å². The molecule has 0 atom stereocenters. The second-order valence-corrected chi connectivity index (χ2v) is 4.67. The topological polar surface area (TPSA) is 78.9 Å². The summed E-state index contributed by atoms with van der Waals surface area (Å²) < 4.78 is 0. The lowest BCUT2D eigenvalue weighted by atomic mass is 10.2. The van der Waals surface area contributed by atoms with Crippen molar-refractivity contribution in [2.45, 2.75) is 38.6 Å². The molecule has 0 aromatic carbocycles. The lowest BCUT2D eigenvalue weighted by Crippen LogP contribution is -2.27. The van der Waals surface area contributed by atoms with Gasteiger partial charge in [0.1, 0.15) is 18.0 Å². The summed E-state index contributed by atoms with van der Waals surface area (Å²) in [7, 11) is 1.84. The fraction of sp³-hybridized carbons (Fsp3) is 0.615. The zero-order valence-electron chi connectivity index (χ0n) is 11.5. The lowest BCUT2D eigenvalue weighted by Gasteiger charge is -2.12. The Kier molecular flexibility index (Phi) is 4.54. The van der Waals surface area contributed by atoms with Crippen molar-refractivity contribution in [2.75, 3.05) is 24.2 Å². The molecule has 0 radical (unpaired) electrons. The number of hydrogen-bond acceptors (Lipinski definition) is 5. The highest BCUT2D eigenvalue weighted by Gasteiger charge is 2.22. The van der Waals surface area contributed by atoms with Crippen LogP contribution in [0.5, 0.6) is 0 Å². The molecule has 0 spiro atoms. The fourth-order valence-electron chi connectivity index (χ4n) is 1.94. The first-order chi connectivity index (χ1) is 9.24. The van der Waals surface area contributed by atoms with Crippen molar-refractivity contribution in [2.24, 2.45) is 0 Å². The van der Waals surface area contributed by atoms with Crippen molar-refractivity contribution in [3.63, 3.8) is 0 Å². The number of aromatic nitrogens is 2. The first-order valence-electron chi connectivity index (χ1n) is 6.79. The Hall–Kier alpha value is -1.85. The van der Waals surface area contributed by atoms with E-state index < -0.39 is 0 Å². The van der Waals surface area contributed by atoms with E-state index in [-0.39, 0.29) is 5.91 Å². The second-order valence-electron chi connectivity index (χ2n) is 4.67. The molecular weight excluding hydrogens is 242 g/mol. The molecule has 1 heterocycles. The van der Waals surface area contributed by atoms with E-state index in [1.54, 1.807) is 0 Å². The molecule has 1 fully saturated rings. The van der Waals surface area contributed by atoms with Crippen LogP contribution in [0.15, 0.2) is 6.33 Å². The molecule has 19 heavy (non-hydrogen) atoms. The smallest absolute Gasteiger partial charge is 0.221 e. The zero-order chi connectivity index (χ0) is 13.7. The molecule has 104 valence electrons. The van der Waals surface area contributed by atoms with Gasteiger partial charge in [-0.3, -0.25) is 4.79 Å². The average molecular weight is 263 g/mol. The van der Waals surface area contributed by atoms with E-state index in [1.165, 1.54) is 6.33 Å². The molecule has 3 N–H and O–H groups in total. The van der Waals surface area contributed by atoms with Crippen molar-refractivity contribution in [1.29, 1.82) is 0 Å². The molecule has 1 aliphatic carbocycles. The fourth-order valence-corrected chi connectivity index (χ4v) is 1.94. The van der Waals surface area contributed by atoms with E-state index in [0.717, 1.165) is 36.5 Å². The molecule has 0 saturated heterocycles. The van der Waals surface area contributed by atoms with Crippen LogP contribution in [-0.2, 0) is 11.2 Å². The number of carbonyl (C=O) groups excluding carboxylic acids is 1. The van der Waals surface area contributed by atoms with Crippen molar-refractivity contribution >= 4 is 17.5 Å². The SMILES string of the molecule is CCc1c(NC)ncnc1NCCC(=O)NC1CC1. The maximum atomic E-state index is 11.6. The van der Waals surface area contributed by atoms with Gasteiger partial charge >= 0.3 is 0 Å². The van der Waals surface area contributed by atoms with Gasteiger partial charge in [0, 0.05) is 31.6 Å². The van der Waals surface area contributed by atoms with Crippen LogP contribution >= 0.6 is 0 Å². The number of amides is 1. The number of rotatable bonds is 7. The second kappa shape index (κ2) is 6.36. The van der Waals surface area contributed by atoms with Crippen LogP contribution in [-0.4, -0.2) is 35.5 Å². The van der Waals surface area contributed by atoms with Crippen molar-refractivity contribution < 1.29 is 4.79 Å². The van der Waals surface area contributed by atoms with Gasteiger partial charge in [0.2, 0.25) is 5.91 Å². The summed E-state index contributed by atoms with van der Waals surface area (Å²) in [5.74, 6) is 1.75. The summed E-state index contributed by atoms with van der Waals surface area (Å²) >= 11 is 0. The van der Waals surface area contributed by atoms with Gasteiger partial charge in [-0.2, -0.15) is 0 Å². The van der Waals surface area contributed by atoms with Gasteiger partial charge in [-0.1, -0.05) is 6.92 Å². The monoisotopic (exact) mass is 263 g/mol. The van der Waals surface area contributed by atoms with Crippen LogP contribution in [0.4, 0.5) is 11.6 Å². The largest absolute Gasteiger partial charge is 0.373 e. The molecule has 6 nitrogen and oxygen atoms in total. The van der Waals surface area contributed by atoms with Crippen LogP contribution in [0.25, 0.3) is 0 Å². The standard InChI is InChI=1S/C13H21N5O/c1-3-10-12(14-2)16-8-17-13(10)15-7-6-11(19)18-9-4-5-9/h8-9H,3-7H2,1-2H3,(H,18,19)(H2,14,15,16,17). The predicted octanol–water partition coefficient (Wildman–Crippen LogP) is 1.16. The maximum absolute atomic E-state index is 11.6. The van der Waals surface area contributed by atoms with Crippen molar-refractivity contribution in [3.8, 4) is 0 Å². The van der Waals surface area contributed by atoms with Gasteiger partial charge in [-0.25, -0.2) is 9.97 Å². The normalized spacial score (nSPS) is 14.0. The van der Waals surface area contributed by atoms with E-state index in [9.17, 15) is 4.79 Å². The van der Waals surface area contributed by atoms with Crippen molar-refractivity contribution in [1.82, 2.24) is 15.3 Å². The molecule has 1 aromatic rings. The molecule has 6 heteroatoms. The van der Waals surface area contributed by atoms with Crippen LogP contribution in [0, 0.1) is 0 Å². The van der Waals surface area contributed by atoms with Gasteiger partial charge < -0.3 is 16.0 Å². The predicted molar refractivity (Wildman–Crippen MR) is 75.2 cm³/mol. The Bertz CT molecular complexity index is 445. The summed E-state index contributed by atoms with van der Waals surface area (Å²) in [4.78, 5) is 20.0. The minimum absolute atomic E-state index is 0.107. The van der Waals surface area contributed by atoms with Gasteiger partial charge in [-0.05, 0) is 19.3 Å². The molecule has 1 aromatic heterocycles. The number of anilines is 2. The highest BCUT2D eigenvalue weighted by Crippen LogP contribution is 2.20. The highest BCUT2D eigenvalue weighted by molar-refractivity contribution is 5.77. The molecule has 0 bridgehead atoms. The molecule has 0 aliphatic heterocycles. The summed E-state index contributed by atoms with van der Waals surface area (Å²) in [5, 5.41) is 9.23. The average Bonchev–Trinajstić information content (AvgIpc) is 3.22. The quantitative estimate of drug-likeness (QED) is 0.688. The third-order valence-electron chi connectivity index (χ3n) is 3.12. The molecule has 1 amide bonds. The zero-order valence-corrected chi connectivity index (χ0v) is 11.5. The third-order valence-corrected chi connectivity index (χ3v) is 3.12. The van der Waals surface area contributed by atoms with E-state index in [2.05, 4.69) is 32.8 Å². The summed E-state index contributed by atoms with van der Waals surface area (Å²) in [6.07, 6.45) is 5.08. The first-order valence-corrected chi connectivity index (χ1v) is 6.79. The minimum atomic E-state index is 0.107. The van der Waals surface area contributed by atoms with Crippen LogP contribution in [0.1, 0.15) is 31.7 Å². The number of nitrogens with zero attached hydrogens (tertiary/aromatic N) is 2. The van der Waals surface area contributed by atoms with E-state index in [0.29, 0.717) is 19.0 Å². The molecule has 1 saturated carbocycles. The minimum Gasteiger partial charge on any atom is -0.373 e. The van der Waals surface area contributed by atoms with Crippen LogP contribution in [0.3, 0.4) is 0 Å². The maximum Gasteiger partial charge on any atom is 0.221 e. The molecule has 0 unspecified atom stereocenters. The summed E-state index contributed by atoms with van der Waals surface area (Å²) in [6.45, 7) is 2.65. The van der Waals surface area contributed by atoms with Gasteiger partial charge in [0.25, 0.3) is 0 Å². The molecule has 1 aliphatic rings. The van der Waals surface area contributed by atoms with Crippen molar-refractivity contribution in [3.05, 3.63) is 11.9 Å². The number of nitrogens with one attached hydrogen (secondary N) is 3. The van der Waals surface area contributed by atoms with Crippen LogP contribution < -0.4 is 16.0 Å². The third kappa shape index (κ3) is 3.81. The highest BCUT2D eigenvalue weighted by atomic mass is 16.1. The Morgan fingerprint density at radius 1 is 1.37 bits per heavy atom. The number of hydrogen-bond donors (Lipinski definition) is 3. The molecular formula is C13H21N5O. The van der Waals surface area contributed by atoms with E-state index >= 15 is 0 Å². The summed E-state index contributed by atoms with van der Waals surface area (Å²) in [5.41, 5.74) is 1.05. The molecule has 2 rings (SSSR count). The van der Waals surface area contributed by atoms with Gasteiger partial charge in [0.15, 0.2) is 0 Å². The summed E-state index contributed by atoms with van der Waals surface area (Å²) in [6, 6.07) is 0.425. The Balaban J connectivity index is 1.86. The Labute approximate surface area is 113 Å². The van der Waals surface area contributed by atoms with E-state index in [4.69, 9.17) is 0 Å². The Morgan fingerprint density at radius 3 is 2.74 bits per heavy atom. The number of carbonyl (C=O) groups is 1. The Morgan fingerprint density at radius 2 is 2.11 bits per heavy atom. The van der Waals surface area contributed by atoms with Gasteiger partial charge in [-0.15, -0.1) is 0 Å². The van der Waals surface area contributed by atoms with Crippen LogP contribution in [0.2, 0.25) is 0 Å². The van der Waals surface area contributed by atoms with Gasteiger partial charge in [0.05, 0.1) is 0 Å². The lowest BCUT2D eigenvalue weighted by molar-refractivity contribution is -0.120.